The molecule has 2 rings (SSSR count). The molecule has 0 aliphatic rings. The molecule has 0 saturated carbocycles. The molecular weight excluding hydrogens is 254 g/mol. The average molecular weight is 266 g/mol. The first-order valence-electron chi connectivity index (χ1n) is 5.34. The SMILES string of the molecule is Nc1ccc(Cl)c(C(=O)NCCc2cnc[nH]2)n1. The highest BCUT2D eigenvalue weighted by Crippen LogP contribution is 2.14. The summed E-state index contributed by atoms with van der Waals surface area (Å²) in [6.07, 6.45) is 3.96. The van der Waals surface area contributed by atoms with Crippen LogP contribution in [-0.2, 0) is 6.42 Å². The number of aromatic amines is 1. The molecule has 0 bridgehead atoms. The number of hydrogen-bond acceptors (Lipinski definition) is 4. The van der Waals surface area contributed by atoms with E-state index in [-0.39, 0.29) is 22.4 Å². The lowest BCUT2D eigenvalue weighted by Gasteiger charge is -2.05. The number of carbonyl (C=O) groups excluding carboxylic acids is 1. The van der Waals surface area contributed by atoms with Crippen molar-refractivity contribution < 1.29 is 4.79 Å². The molecule has 18 heavy (non-hydrogen) atoms. The zero-order chi connectivity index (χ0) is 13.0. The molecule has 0 spiro atoms. The smallest absolute Gasteiger partial charge is 0.271 e. The third-order valence-electron chi connectivity index (χ3n) is 2.32. The van der Waals surface area contributed by atoms with Crippen LogP contribution >= 0.6 is 11.6 Å². The van der Waals surface area contributed by atoms with Gasteiger partial charge in [-0.05, 0) is 12.1 Å². The van der Waals surface area contributed by atoms with Crippen molar-refractivity contribution in [3.8, 4) is 0 Å². The van der Waals surface area contributed by atoms with Crippen molar-refractivity contribution in [1.29, 1.82) is 0 Å². The van der Waals surface area contributed by atoms with Gasteiger partial charge in [-0.25, -0.2) is 9.97 Å². The molecule has 94 valence electrons. The van der Waals surface area contributed by atoms with Crippen LogP contribution in [0, 0.1) is 0 Å². The van der Waals surface area contributed by atoms with Crippen LogP contribution in [0.1, 0.15) is 16.2 Å². The number of carbonyl (C=O) groups is 1. The Morgan fingerprint density at radius 3 is 3.06 bits per heavy atom. The Morgan fingerprint density at radius 1 is 1.50 bits per heavy atom. The Bertz CT molecular complexity index is 540. The van der Waals surface area contributed by atoms with Crippen LogP contribution in [0.3, 0.4) is 0 Å². The Morgan fingerprint density at radius 2 is 2.33 bits per heavy atom. The van der Waals surface area contributed by atoms with Gasteiger partial charge >= 0.3 is 0 Å². The van der Waals surface area contributed by atoms with Gasteiger partial charge in [0.2, 0.25) is 0 Å². The first kappa shape index (κ1) is 12.4. The summed E-state index contributed by atoms with van der Waals surface area (Å²) in [5.74, 6) is -0.0788. The Labute approximate surface area is 109 Å². The number of nitrogen functional groups attached to an aromatic ring is 1. The van der Waals surface area contributed by atoms with Gasteiger partial charge in [-0.2, -0.15) is 0 Å². The lowest BCUT2D eigenvalue weighted by Crippen LogP contribution is -2.27. The minimum Gasteiger partial charge on any atom is -0.384 e. The summed E-state index contributed by atoms with van der Waals surface area (Å²) in [4.78, 5) is 22.5. The summed E-state index contributed by atoms with van der Waals surface area (Å²) in [7, 11) is 0. The van der Waals surface area contributed by atoms with Crippen molar-refractivity contribution in [2.75, 3.05) is 12.3 Å². The second-order valence-corrected chi connectivity index (χ2v) is 4.06. The largest absolute Gasteiger partial charge is 0.384 e. The van der Waals surface area contributed by atoms with Gasteiger partial charge in [-0.15, -0.1) is 0 Å². The van der Waals surface area contributed by atoms with Gasteiger partial charge in [0.05, 0.1) is 11.3 Å². The summed E-state index contributed by atoms with van der Waals surface area (Å²) < 4.78 is 0. The number of nitrogens with one attached hydrogen (secondary N) is 2. The van der Waals surface area contributed by atoms with E-state index in [4.69, 9.17) is 17.3 Å². The highest BCUT2D eigenvalue weighted by molar-refractivity contribution is 6.33. The monoisotopic (exact) mass is 265 g/mol. The minimum atomic E-state index is -0.341. The van der Waals surface area contributed by atoms with Gasteiger partial charge in [-0.1, -0.05) is 11.6 Å². The number of nitrogens with two attached hydrogens (primary N) is 1. The first-order valence-corrected chi connectivity index (χ1v) is 5.72. The molecule has 0 saturated heterocycles. The van der Waals surface area contributed by atoms with Crippen LogP contribution in [0.15, 0.2) is 24.7 Å². The molecule has 0 aromatic carbocycles. The highest BCUT2D eigenvalue weighted by atomic mass is 35.5. The van der Waals surface area contributed by atoms with Gasteiger partial charge in [0, 0.05) is 24.9 Å². The zero-order valence-corrected chi connectivity index (χ0v) is 10.2. The summed E-state index contributed by atoms with van der Waals surface area (Å²) >= 11 is 5.87. The molecule has 2 aromatic heterocycles. The van der Waals surface area contributed by atoms with E-state index in [1.165, 1.54) is 0 Å². The molecule has 2 heterocycles. The lowest BCUT2D eigenvalue weighted by atomic mass is 10.3. The second kappa shape index (κ2) is 5.50. The molecular formula is C11H12ClN5O. The standard InChI is InChI=1S/C11H12ClN5O/c12-8-1-2-9(13)17-10(8)11(18)15-4-3-7-5-14-6-16-7/h1-2,5-6H,3-4H2,(H2,13,17)(H,14,16)(H,15,18). The minimum absolute atomic E-state index is 0.140. The van der Waals surface area contributed by atoms with Gasteiger partial charge in [0.25, 0.3) is 5.91 Å². The number of hydrogen-bond donors (Lipinski definition) is 3. The lowest BCUT2D eigenvalue weighted by molar-refractivity contribution is 0.0949. The van der Waals surface area contributed by atoms with E-state index in [0.29, 0.717) is 13.0 Å². The van der Waals surface area contributed by atoms with Crippen LogP contribution in [-0.4, -0.2) is 27.4 Å². The predicted octanol–water partition coefficient (Wildman–Crippen LogP) is 1.01. The maximum absolute atomic E-state index is 11.8. The van der Waals surface area contributed by atoms with Crippen molar-refractivity contribution in [3.05, 3.63) is 41.1 Å². The highest BCUT2D eigenvalue weighted by Gasteiger charge is 2.12. The van der Waals surface area contributed by atoms with Crippen LogP contribution in [0.25, 0.3) is 0 Å². The van der Waals surface area contributed by atoms with Crippen molar-refractivity contribution in [2.45, 2.75) is 6.42 Å². The van der Waals surface area contributed by atoms with Crippen LogP contribution in [0.4, 0.5) is 5.82 Å². The topological polar surface area (TPSA) is 96.7 Å². The molecule has 4 N–H and O–H groups in total. The number of halogens is 1. The van der Waals surface area contributed by atoms with Gasteiger partial charge < -0.3 is 16.0 Å². The maximum atomic E-state index is 11.8. The number of rotatable bonds is 4. The van der Waals surface area contributed by atoms with Gasteiger partial charge in [-0.3, -0.25) is 4.79 Å². The second-order valence-electron chi connectivity index (χ2n) is 3.65. The van der Waals surface area contributed by atoms with E-state index < -0.39 is 0 Å². The molecule has 0 atom stereocenters. The zero-order valence-electron chi connectivity index (χ0n) is 9.48. The fourth-order valence-corrected chi connectivity index (χ4v) is 1.62. The van der Waals surface area contributed by atoms with Gasteiger partial charge in [0.1, 0.15) is 11.5 Å². The van der Waals surface area contributed by atoms with E-state index >= 15 is 0 Å². The molecule has 7 heteroatoms. The molecule has 0 aliphatic carbocycles. The average Bonchev–Trinajstić information content (AvgIpc) is 2.85. The van der Waals surface area contributed by atoms with E-state index in [9.17, 15) is 4.79 Å². The summed E-state index contributed by atoms with van der Waals surface area (Å²) in [6.45, 7) is 0.466. The number of amides is 1. The fourth-order valence-electron chi connectivity index (χ4n) is 1.43. The van der Waals surface area contributed by atoms with Crippen molar-refractivity contribution in [3.63, 3.8) is 0 Å². The fraction of sp³-hybridized carbons (Fsp3) is 0.182. The van der Waals surface area contributed by atoms with Crippen LogP contribution < -0.4 is 11.1 Å². The van der Waals surface area contributed by atoms with Crippen molar-refractivity contribution in [2.24, 2.45) is 0 Å². The third-order valence-corrected chi connectivity index (χ3v) is 2.62. The molecule has 0 radical (unpaired) electrons. The molecule has 0 fully saturated rings. The molecule has 0 unspecified atom stereocenters. The van der Waals surface area contributed by atoms with E-state index in [0.717, 1.165) is 5.69 Å². The van der Waals surface area contributed by atoms with Crippen molar-refractivity contribution in [1.82, 2.24) is 20.3 Å². The Balaban J connectivity index is 1.93. The Hall–Kier alpha value is -2.08. The third kappa shape index (κ3) is 2.98. The number of imidazole rings is 1. The van der Waals surface area contributed by atoms with Crippen LogP contribution in [0.5, 0.6) is 0 Å². The predicted molar refractivity (Wildman–Crippen MR) is 68.3 cm³/mol. The molecule has 2 aromatic rings. The van der Waals surface area contributed by atoms with Crippen LogP contribution in [0.2, 0.25) is 5.02 Å². The first-order chi connectivity index (χ1) is 8.66. The quantitative estimate of drug-likeness (QED) is 0.769. The Kier molecular flexibility index (Phi) is 3.78. The number of pyridine rings is 1. The normalized spacial score (nSPS) is 10.3. The maximum Gasteiger partial charge on any atom is 0.271 e. The molecule has 6 nitrogen and oxygen atoms in total. The van der Waals surface area contributed by atoms with E-state index in [1.54, 1.807) is 24.7 Å². The van der Waals surface area contributed by atoms with Gasteiger partial charge in [0.15, 0.2) is 0 Å². The van der Waals surface area contributed by atoms with Crippen molar-refractivity contribution >= 4 is 23.3 Å². The summed E-state index contributed by atoms with van der Waals surface area (Å²) in [6, 6.07) is 3.09. The molecule has 1 amide bonds. The number of anilines is 1. The number of H-pyrrole nitrogens is 1. The summed E-state index contributed by atoms with van der Waals surface area (Å²) in [5, 5.41) is 3.00. The number of aromatic nitrogens is 3. The summed E-state index contributed by atoms with van der Waals surface area (Å²) in [5.41, 5.74) is 6.59. The van der Waals surface area contributed by atoms with E-state index in [2.05, 4.69) is 20.3 Å². The molecule has 0 aliphatic heterocycles. The number of nitrogens with zero attached hydrogens (tertiary/aromatic N) is 2. The van der Waals surface area contributed by atoms with E-state index in [1.807, 2.05) is 0 Å².